The molecule has 1 aromatic heterocycles. The molecule has 0 radical (unpaired) electrons. The Morgan fingerprint density at radius 2 is 1.56 bits per heavy atom. The van der Waals surface area contributed by atoms with Gasteiger partial charge in [-0.3, -0.25) is 19.9 Å². The minimum atomic E-state index is -0.679. The Morgan fingerprint density at radius 1 is 0.861 bits per heavy atom. The molecule has 1 heterocycles. The fraction of sp³-hybridized carbons (Fsp3) is 0.367. The smallest absolute Gasteiger partial charge is 0.323 e. The molecule has 0 fully saturated rings. The number of nitrogens with one attached hydrogen (secondary N) is 1. The molecule has 0 saturated carbocycles. The van der Waals surface area contributed by atoms with Gasteiger partial charge in [0.05, 0.1) is 12.3 Å². The maximum Gasteiger partial charge on any atom is 0.323 e. The summed E-state index contributed by atoms with van der Waals surface area (Å²) in [5, 5.41) is 3.25. The van der Waals surface area contributed by atoms with Gasteiger partial charge >= 0.3 is 11.9 Å². The second-order valence-corrected chi connectivity index (χ2v) is 9.37. The molecule has 0 aliphatic rings. The molecule has 0 saturated heterocycles. The molecule has 190 valence electrons. The van der Waals surface area contributed by atoms with E-state index < -0.39 is 12.1 Å². The maximum absolute atomic E-state index is 13.0. The van der Waals surface area contributed by atoms with Crippen molar-refractivity contribution in [1.82, 2.24) is 10.3 Å². The van der Waals surface area contributed by atoms with Gasteiger partial charge in [-0.25, -0.2) is 0 Å². The number of hydrogen-bond acceptors (Lipinski definition) is 6. The molecular weight excluding hydrogens is 452 g/mol. The maximum atomic E-state index is 13.0. The molecule has 6 heteroatoms. The quantitative estimate of drug-likeness (QED) is 0.350. The zero-order valence-electron chi connectivity index (χ0n) is 21.6. The molecular formula is C30H36N2O4. The number of carbonyl (C=O) groups is 2. The van der Waals surface area contributed by atoms with Crippen LogP contribution >= 0.6 is 0 Å². The van der Waals surface area contributed by atoms with Crippen molar-refractivity contribution in [1.29, 1.82) is 0 Å². The van der Waals surface area contributed by atoms with E-state index in [1.54, 1.807) is 6.92 Å². The number of esters is 2. The number of aromatic nitrogens is 1. The highest BCUT2D eigenvalue weighted by Gasteiger charge is 2.29. The van der Waals surface area contributed by atoms with Crippen molar-refractivity contribution in [3.05, 3.63) is 89.6 Å². The zero-order valence-corrected chi connectivity index (χ0v) is 21.6. The van der Waals surface area contributed by atoms with E-state index in [9.17, 15) is 9.59 Å². The van der Waals surface area contributed by atoms with E-state index in [0.29, 0.717) is 12.8 Å². The van der Waals surface area contributed by atoms with Crippen LogP contribution in [-0.4, -0.2) is 35.6 Å². The Morgan fingerprint density at radius 3 is 2.17 bits per heavy atom. The van der Waals surface area contributed by atoms with Crippen LogP contribution in [0.5, 0.6) is 0 Å². The van der Waals surface area contributed by atoms with E-state index in [0.717, 1.165) is 27.9 Å². The first-order valence-electron chi connectivity index (χ1n) is 12.5. The van der Waals surface area contributed by atoms with Crippen LogP contribution in [0.3, 0.4) is 0 Å². The minimum absolute atomic E-state index is 0.189. The van der Waals surface area contributed by atoms with Crippen LogP contribution in [0.4, 0.5) is 0 Å². The van der Waals surface area contributed by atoms with Crippen LogP contribution in [0.2, 0.25) is 0 Å². The Balaban J connectivity index is 1.72. The molecule has 6 nitrogen and oxygen atoms in total. The van der Waals surface area contributed by atoms with Crippen molar-refractivity contribution in [2.45, 2.75) is 59.2 Å². The summed E-state index contributed by atoms with van der Waals surface area (Å²) in [6, 6.07) is 20.2. The largest absolute Gasteiger partial charge is 0.465 e. The molecule has 2 atom stereocenters. The van der Waals surface area contributed by atoms with E-state index in [-0.39, 0.29) is 31.1 Å². The normalized spacial score (nSPS) is 12.7. The number of rotatable bonds is 12. The van der Waals surface area contributed by atoms with E-state index >= 15 is 0 Å². The molecule has 0 aliphatic carbocycles. The minimum Gasteiger partial charge on any atom is -0.465 e. The summed E-state index contributed by atoms with van der Waals surface area (Å²) >= 11 is 0. The highest BCUT2D eigenvalue weighted by Crippen LogP contribution is 2.19. The lowest BCUT2D eigenvalue weighted by Crippen LogP contribution is -2.50. The lowest BCUT2D eigenvalue weighted by Gasteiger charge is -2.25. The van der Waals surface area contributed by atoms with Crippen molar-refractivity contribution < 1.29 is 19.1 Å². The van der Waals surface area contributed by atoms with Gasteiger partial charge in [0.15, 0.2) is 0 Å². The first kappa shape index (κ1) is 27.1. The fourth-order valence-corrected chi connectivity index (χ4v) is 3.91. The van der Waals surface area contributed by atoms with Crippen molar-refractivity contribution in [2.75, 3.05) is 6.61 Å². The predicted molar refractivity (Wildman–Crippen MR) is 141 cm³/mol. The third kappa shape index (κ3) is 8.31. The summed E-state index contributed by atoms with van der Waals surface area (Å²) in [5.74, 6) is -0.523. The summed E-state index contributed by atoms with van der Waals surface area (Å²) in [6.07, 6.45) is 2.78. The van der Waals surface area contributed by atoms with Crippen LogP contribution in [0, 0.1) is 12.8 Å². The topological polar surface area (TPSA) is 77.5 Å². The highest BCUT2D eigenvalue weighted by atomic mass is 16.5. The Bertz CT molecular complexity index is 1100. The molecule has 3 aromatic rings. The van der Waals surface area contributed by atoms with E-state index in [2.05, 4.69) is 10.3 Å². The molecule has 0 bridgehead atoms. The monoisotopic (exact) mass is 488 g/mol. The third-order valence-electron chi connectivity index (χ3n) is 5.79. The standard InChI is InChI=1S/C30H36N2O4/c1-5-35-29(33)28(18-23-12-14-25(15-13-23)26-16-11-22(4)19-31-26)32-27(17-21(2)3)30(34)36-20-24-9-7-6-8-10-24/h6-16,19,21,27-28,32H,5,17-18,20H2,1-4H3. The van der Waals surface area contributed by atoms with Gasteiger partial charge in [0, 0.05) is 11.8 Å². The Hall–Kier alpha value is -3.51. The van der Waals surface area contributed by atoms with E-state index in [1.165, 1.54) is 0 Å². The van der Waals surface area contributed by atoms with Crippen molar-refractivity contribution in [3.63, 3.8) is 0 Å². The van der Waals surface area contributed by atoms with Crippen molar-refractivity contribution in [2.24, 2.45) is 5.92 Å². The first-order chi connectivity index (χ1) is 17.4. The lowest BCUT2D eigenvalue weighted by atomic mass is 9.99. The van der Waals surface area contributed by atoms with Crippen LogP contribution in [0.25, 0.3) is 11.3 Å². The van der Waals surface area contributed by atoms with Gasteiger partial charge in [-0.1, -0.05) is 74.5 Å². The Labute approximate surface area is 214 Å². The number of nitrogens with zero attached hydrogens (tertiary/aromatic N) is 1. The fourth-order valence-electron chi connectivity index (χ4n) is 3.91. The van der Waals surface area contributed by atoms with Crippen LogP contribution in [0.1, 0.15) is 43.9 Å². The number of carbonyl (C=O) groups excluding carboxylic acids is 2. The third-order valence-corrected chi connectivity index (χ3v) is 5.79. The van der Waals surface area contributed by atoms with Gasteiger partial charge in [0.25, 0.3) is 0 Å². The summed E-state index contributed by atoms with van der Waals surface area (Å²) in [7, 11) is 0. The molecule has 2 aromatic carbocycles. The van der Waals surface area contributed by atoms with E-state index in [4.69, 9.17) is 9.47 Å². The molecule has 1 N–H and O–H groups in total. The van der Waals surface area contributed by atoms with Crippen LogP contribution < -0.4 is 5.32 Å². The average Bonchev–Trinajstić information content (AvgIpc) is 2.88. The zero-order chi connectivity index (χ0) is 25.9. The first-order valence-corrected chi connectivity index (χ1v) is 12.5. The Kier molecular flexibility index (Phi) is 10.2. The summed E-state index contributed by atoms with van der Waals surface area (Å²) in [5.41, 5.74) is 4.88. The molecule has 3 rings (SSSR count). The van der Waals surface area contributed by atoms with Crippen LogP contribution in [0.15, 0.2) is 72.9 Å². The number of pyridine rings is 1. The second kappa shape index (κ2) is 13.5. The van der Waals surface area contributed by atoms with Gasteiger partial charge in [-0.05, 0) is 55.4 Å². The molecule has 0 spiro atoms. The average molecular weight is 489 g/mol. The van der Waals surface area contributed by atoms with Gasteiger partial charge in [0.1, 0.15) is 18.7 Å². The number of ether oxygens (including phenoxy) is 2. The molecule has 0 amide bonds. The number of benzene rings is 2. The number of hydrogen-bond donors (Lipinski definition) is 1. The molecule has 0 aliphatic heterocycles. The molecule has 2 unspecified atom stereocenters. The van der Waals surface area contributed by atoms with Crippen LogP contribution in [-0.2, 0) is 32.1 Å². The van der Waals surface area contributed by atoms with Gasteiger partial charge < -0.3 is 9.47 Å². The lowest BCUT2D eigenvalue weighted by molar-refractivity contribution is -0.150. The molecule has 36 heavy (non-hydrogen) atoms. The van der Waals surface area contributed by atoms with Gasteiger partial charge in [0.2, 0.25) is 0 Å². The predicted octanol–water partition coefficient (Wildman–Crippen LogP) is 5.28. The van der Waals surface area contributed by atoms with E-state index in [1.807, 2.05) is 93.7 Å². The summed E-state index contributed by atoms with van der Waals surface area (Å²) in [6.45, 7) is 8.31. The second-order valence-electron chi connectivity index (χ2n) is 9.37. The van der Waals surface area contributed by atoms with Crippen molar-refractivity contribution in [3.8, 4) is 11.3 Å². The summed E-state index contributed by atoms with van der Waals surface area (Å²) < 4.78 is 10.9. The highest BCUT2D eigenvalue weighted by molar-refractivity contribution is 5.80. The van der Waals surface area contributed by atoms with Gasteiger partial charge in [-0.15, -0.1) is 0 Å². The number of aryl methyl sites for hydroxylation is 1. The SMILES string of the molecule is CCOC(=O)C(Cc1ccc(-c2ccc(C)cn2)cc1)NC(CC(C)C)C(=O)OCc1ccccc1. The summed E-state index contributed by atoms with van der Waals surface area (Å²) in [4.78, 5) is 30.3. The van der Waals surface area contributed by atoms with Crippen molar-refractivity contribution >= 4 is 11.9 Å². The van der Waals surface area contributed by atoms with Gasteiger partial charge in [-0.2, -0.15) is 0 Å².